The van der Waals surface area contributed by atoms with Crippen molar-refractivity contribution in [1.82, 2.24) is 14.6 Å². The minimum atomic E-state index is -0.114. The van der Waals surface area contributed by atoms with Gasteiger partial charge in [-0.3, -0.25) is 4.79 Å². The molecule has 4 rings (SSSR count). The zero-order chi connectivity index (χ0) is 18.1. The van der Waals surface area contributed by atoms with Gasteiger partial charge < -0.3 is 4.90 Å². The molecule has 0 atom stereocenters. The third kappa shape index (κ3) is 3.51. The average molecular weight is 369 g/mol. The monoisotopic (exact) mass is 368 g/mol. The third-order valence-corrected chi connectivity index (χ3v) is 6.20. The number of piperidine rings is 1. The van der Waals surface area contributed by atoms with Crippen LogP contribution in [0.3, 0.4) is 0 Å². The summed E-state index contributed by atoms with van der Waals surface area (Å²) in [5.74, 6) is 1.30. The number of anilines is 1. The Bertz CT molecular complexity index is 936. The largest absolute Gasteiger partial charge is 0.347 e. The molecule has 0 N–H and O–H groups in total. The minimum Gasteiger partial charge on any atom is -0.347 e. The number of nitrogens with zero attached hydrogens (tertiary/aromatic N) is 4. The first kappa shape index (κ1) is 17.2. The van der Waals surface area contributed by atoms with Gasteiger partial charge in [-0.2, -0.15) is 4.52 Å². The Hall–Kier alpha value is -2.21. The Labute approximate surface area is 157 Å². The van der Waals surface area contributed by atoms with Crippen LogP contribution in [-0.4, -0.2) is 27.7 Å². The van der Waals surface area contributed by atoms with E-state index in [1.54, 1.807) is 6.20 Å². The summed E-state index contributed by atoms with van der Waals surface area (Å²) < 4.78 is 1.41. The van der Waals surface area contributed by atoms with Crippen molar-refractivity contribution in [1.29, 1.82) is 0 Å². The summed E-state index contributed by atoms with van der Waals surface area (Å²) in [5.41, 5.74) is 2.73. The topological polar surface area (TPSA) is 50.5 Å². The van der Waals surface area contributed by atoms with E-state index in [1.807, 2.05) is 0 Å². The number of hydrogen-bond donors (Lipinski definition) is 0. The van der Waals surface area contributed by atoms with Crippen molar-refractivity contribution in [3.05, 3.63) is 58.0 Å². The van der Waals surface area contributed by atoms with Crippen molar-refractivity contribution in [2.24, 2.45) is 5.92 Å². The van der Waals surface area contributed by atoms with E-state index in [-0.39, 0.29) is 5.56 Å². The standard InChI is InChI=1S/C20H24N4OS/c1-14(2)17-5-3-15(4-6-17)13-16-8-11-23(12-9-16)20-22-24-18(25)7-10-21-19(24)26-20/h3-7,10,14,16H,8-9,11-13H2,1-2H3. The third-order valence-electron chi connectivity index (χ3n) is 5.22. The molecule has 1 fully saturated rings. The first-order valence-electron chi connectivity index (χ1n) is 9.29. The molecule has 0 aliphatic carbocycles. The van der Waals surface area contributed by atoms with Gasteiger partial charge in [-0.25, -0.2) is 4.98 Å². The summed E-state index contributed by atoms with van der Waals surface area (Å²) in [6.45, 7) is 6.44. The van der Waals surface area contributed by atoms with Crippen LogP contribution < -0.4 is 10.5 Å². The predicted octanol–water partition coefficient (Wildman–Crippen LogP) is 3.73. The van der Waals surface area contributed by atoms with Crippen molar-refractivity contribution in [2.75, 3.05) is 18.0 Å². The molecule has 0 radical (unpaired) electrons. The normalized spacial score (nSPS) is 15.9. The smallest absolute Gasteiger partial charge is 0.275 e. The Balaban J connectivity index is 1.39. The van der Waals surface area contributed by atoms with Crippen LogP contribution in [0.4, 0.5) is 5.13 Å². The van der Waals surface area contributed by atoms with E-state index in [0.717, 1.165) is 37.5 Å². The van der Waals surface area contributed by atoms with Gasteiger partial charge in [0.05, 0.1) is 0 Å². The molecule has 1 aliphatic rings. The fraction of sp³-hybridized carbons (Fsp3) is 0.450. The van der Waals surface area contributed by atoms with Crippen LogP contribution in [0.5, 0.6) is 0 Å². The SMILES string of the molecule is CC(C)c1ccc(CC2CCN(c3nn4c(=O)ccnc4s3)CC2)cc1. The molecular weight excluding hydrogens is 344 g/mol. The van der Waals surface area contributed by atoms with Gasteiger partial charge in [-0.05, 0) is 42.2 Å². The van der Waals surface area contributed by atoms with Gasteiger partial charge in [-0.15, -0.1) is 5.10 Å². The van der Waals surface area contributed by atoms with Crippen LogP contribution >= 0.6 is 11.3 Å². The van der Waals surface area contributed by atoms with E-state index < -0.39 is 0 Å². The Morgan fingerprint density at radius 2 is 1.88 bits per heavy atom. The quantitative estimate of drug-likeness (QED) is 0.704. The molecule has 0 unspecified atom stereocenters. The van der Waals surface area contributed by atoms with E-state index in [0.29, 0.717) is 16.8 Å². The maximum Gasteiger partial charge on any atom is 0.275 e. The maximum atomic E-state index is 11.8. The number of benzene rings is 1. The maximum absolute atomic E-state index is 11.8. The van der Waals surface area contributed by atoms with Crippen LogP contribution in [0, 0.1) is 5.92 Å². The summed E-state index contributed by atoms with van der Waals surface area (Å²) in [6.07, 6.45) is 5.01. The van der Waals surface area contributed by atoms with Gasteiger partial charge >= 0.3 is 0 Å². The van der Waals surface area contributed by atoms with Crippen molar-refractivity contribution in [3.8, 4) is 0 Å². The molecule has 0 saturated carbocycles. The van der Waals surface area contributed by atoms with Crippen LogP contribution in [-0.2, 0) is 6.42 Å². The molecular formula is C20H24N4OS. The van der Waals surface area contributed by atoms with Crippen molar-refractivity contribution >= 4 is 21.4 Å². The summed E-state index contributed by atoms with van der Waals surface area (Å²) in [5, 5.41) is 5.36. The summed E-state index contributed by atoms with van der Waals surface area (Å²) in [6, 6.07) is 10.6. The van der Waals surface area contributed by atoms with E-state index in [1.165, 1.54) is 33.0 Å². The molecule has 2 aromatic heterocycles. The van der Waals surface area contributed by atoms with Crippen molar-refractivity contribution in [3.63, 3.8) is 0 Å². The highest BCUT2D eigenvalue weighted by Crippen LogP contribution is 2.28. The fourth-order valence-corrected chi connectivity index (χ4v) is 4.49. The lowest BCUT2D eigenvalue weighted by atomic mass is 9.89. The molecule has 1 aliphatic heterocycles. The van der Waals surface area contributed by atoms with Gasteiger partial charge in [0.2, 0.25) is 10.1 Å². The Kier molecular flexibility index (Phi) is 4.76. The number of hydrogen-bond acceptors (Lipinski definition) is 5. The van der Waals surface area contributed by atoms with E-state index in [9.17, 15) is 4.79 Å². The van der Waals surface area contributed by atoms with Gasteiger partial charge in [0, 0.05) is 25.4 Å². The zero-order valence-corrected chi connectivity index (χ0v) is 16.1. The van der Waals surface area contributed by atoms with E-state index >= 15 is 0 Å². The molecule has 26 heavy (non-hydrogen) atoms. The van der Waals surface area contributed by atoms with Gasteiger partial charge in [0.15, 0.2) is 0 Å². The molecule has 1 saturated heterocycles. The summed E-state index contributed by atoms with van der Waals surface area (Å²) >= 11 is 1.49. The molecule has 5 nitrogen and oxygen atoms in total. The van der Waals surface area contributed by atoms with E-state index in [4.69, 9.17) is 0 Å². The zero-order valence-electron chi connectivity index (χ0n) is 15.3. The first-order chi connectivity index (χ1) is 12.6. The second-order valence-corrected chi connectivity index (χ2v) is 8.33. The summed E-state index contributed by atoms with van der Waals surface area (Å²) in [7, 11) is 0. The minimum absolute atomic E-state index is 0.114. The molecule has 3 heterocycles. The number of aromatic nitrogens is 3. The van der Waals surface area contributed by atoms with Crippen molar-refractivity contribution < 1.29 is 0 Å². The van der Waals surface area contributed by atoms with Crippen molar-refractivity contribution in [2.45, 2.75) is 39.0 Å². The molecule has 1 aromatic carbocycles. The highest BCUT2D eigenvalue weighted by atomic mass is 32.1. The molecule has 136 valence electrons. The second kappa shape index (κ2) is 7.19. The average Bonchev–Trinajstić information content (AvgIpc) is 3.08. The Morgan fingerprint density at radius 3 is 2.54 bits per heavy atom. The van der Waals surface area contributed by atoms with Gasteiger partial charge in [0.1, 0.15) is 0 Å². The second-order valence-electron chi connectivity index (χ2n) is 7.39. The molecule has 0 amide bonds. The predicted molar refractivity (Wildman–Crippen MR) is 106 cm³/mol. The number of fused-ring (bicyclic) bond motifs is 1. The van der Waals surface area contributed by atoms with Crippen LogP contribution in [0.15, 0.2) is 41.3 Å². The van der Waals surface area contributed by atoms with Crippen LogP contribution in [0.1, 0.15) is 43.7 Å². The van der Waals surface area contributed by atoms with Crippen LogP contribution in [0.25, 0.3) is 4.96 Å². The van der Waals surface area contributed by atoms with Gasteiger partial charge in [0.25, 0.3) is 5.56 Å². The van der Waals surface area contributed by atoms with E-state index in [2.05, 4.69) is 53.1 Å². The van der Waals surface area contributed by atoms with Crippen LogP contribution in [0.2, 0.25) is 0 Å². The lowest BCUT2D eigenvalue weighted by molar-refractivity contribution is 0.403. The lowest BCUT2D eigenvalue weighted by Crippen LogP contribution is -2.34. The highest BCUT2D eigenvalue weighted by Gasteiger charge is 2.22. The summed E-state index contributed by atoms with van der Waals surface area (Å²) in [4.78, 5) is 19.0. The molecule has 6 heteroatoms. The lowest BCUT2D eigenvalue weighted by Gasteiger charge is -2.31. The van der Waals surface area contributed by atoms with Gasteiger partial charge in [-0.1, -0.05) is 49.4 Å². The number of rotatable bonds is 4. The molecule has 3 aromatic rings. The fourth-order valence-electron chi connectivity index (χ4n) is 3.56. The molecule has 0 bridgehead atoms. The first-order valence-corrected chi connectivity index (χ1v) is 10.1. The molecule has 0 spiro atoms. The highest BCUT2D eigenvalue weighted by molar-refractivity contribution is 7.20. The Morgan fingerprint density at radius 1 is 1.15 bits per heavy atom.